The Bertz CT molecular complexity index is 852. The summed E-state index contributed by atoms with van der Waals surface area (Å²) in [5, 5.41) is 0. The monoisotopic (exact) mass is 374 g/mol. The fourth-order valence-corrected chi connectivity index (χ4v) is 2.96. The first-order valence-corrected chi connectivity index (χ1v) is 8.98. The van der Waals surface area contributed by atoms with Gasteiger partial charge in [0.25, 0.3) is 0 Å². The van der Waals surface area contributed by atoms with Gasteiger partial charge >= 0.3 is 0 Å². The number of benzene rings is 2. The second-order valence-electron chi connectivity index (χ2n) is 6.73. The van der Waals surface area contributed by atoms with E-state index in [4.69, 9.17) is 9.47 Å². The van der Waals surface area contributed by atoms with Crippen LogP contribution in [0.5, 0.6) is 0 Å². The van der Waals surface area contributed by atoms with Crippen LogP contribution < -0.4 is 0 Å². The topological polar surface area (TPSA) is 18.5 Å². The van der Waals surface area contributed by atoms with Crippen molar-refractivity contribution >= 4 is 0 Å². The molecule has 1 saturated heterocycles. The lowest BCUT2D eigenvalue weighted by Gasteiger charge is -2.29. The Kier molecular flexibility index (Phi) is 6.20. The molecule has 0 saturated carbocycles. The molecule has 3 rings (SSSR count). The molecular formula is C22H21F3O2. The number of rotatable bonds is 3. The lowest BCUT2D eigenvalue weighted by molar-refractivity contribution is -0.206. The molecule has 0 amide bonds. The van der Waals surface area contributed by atoms with Gasteiger partial charge in [0.2, 0.25) is 0 Å². The van der Waals surface area contributed by atoms with Crippen LogP contribution in [-0.2, 0) is 9.47 Å². The van der Waals surface area contributed by atoms with Gasteiger partial charge < -0.3 is 9.47 Å². The molecule has 0 N–H and O–H groups in total. The van der Waals surface area contributed by atoms with E-state index in [1.807, 2.05) is 0 Å². The van der Waals surface area contributed by atoms with Crippen molar-refractivity contribution in [2.75, 3.05) is 13.2 Å². The van der Waals surface area contributed by atoms with Crippen molar-refractivity contribution in [2.45, 2.75) is 33.0 Å². The van der Waals surface area contributed by atoms with Crippen molar-refractivity contribution < 1.29 is 22.6 Å². The van der Waals surface area contributed by atoms with E-state index in [1.165, 1.54) is 18.2 Å². The summed E-state index contributed by atoms with van der Waals surface area (Å²) in [6.07, 6.45) is 1.24. The van der Waals surface area contributed by atoms with E-state index in [-0.39, 0.29) is 11.1 Å². The van der Waals surface area contributed by atoms with Gasteiger partial charge in [0, 0.05) is 17.0 Å². The molecule has 2 aromatic carbocycles. The highest BCUT2D eigenvalue weighted by Gasteiger charge is 2.24. The maximum atomic E-state index is 14.4. The zero-order valence-electron chi connectivity index (χ0n) is 15.3. The summed E-state index contributed by atoms with van der Waals surface area (Å²) in [7, 11) is 0. The van der Waals surface area contributed by atoms with Gasteiger partial charge in [0.15, 0.2) is 6.29 Å². The predicted molar refractivity (Wildman–Crippen MR) is 96.5 cm³/mol. The van der Waals surface area contributed by atoms with Crippen LogP contribution in [0.4, 0.5) is 13.2 Å². The minimum absolute atomic E-state index is 0.284. The van der Waals surface area contributed by atoms with E-state index in [0.717, 1.165) is 12.8 Å². The Morgan fingerprint density at radius 1 is 0.963 bits per heavy atom. The van der Waals surface area contributed by atoms with Gasteiger partial charge in [0.1, 0.15) is 17.5 Å². The molecule has 1 aliphatic rings. The molecule has 0 atom stereocenters. The molecule has 0 radical (unpaired) electrons. The molecule has 0 spiro atoms. The van der Waals surface area contributed by atoms with Crippen LogP contribution in [-0.4, -0.2) is 13.2 Å². The van der Waals surface area contributed by atoms with Gasteiger partial charge in [-0.3, -0.25) is 0 Å². The third kappa shape index (κ3) is 4.71. The number of hydrogen-bond donors (Lipinski definition) is 0. The van der Waals surface area contributed by atoms with Gasteiger partial charge in [0.05, 0.1) is 18.8 Å². The molecule has 0 aromatic heterocycles. The van der Waals surface area contributed by atoms with Crippen LogP contribution in [0.1, 0.15) is 48.3 Å². The van der Waals surface area contributed by atoms with E-state index < -0.39 is 23.7 Å². The third-order valence-corrected chi connectivity index (χ3v) is 4.50. The first-order valence-electron chi connectivity index (χ1n) is 8.98. The predicted octanol–water partition coefficient (Wildman–Crippen LogP) is 5.27. The van der Waals surface area contributed by atoms with Gasteiger partial charge in [-0.2, -0.15) is 0 Å². The molecule has 0 bridgehead atoms. The van der Waals surface area contributed by atoms with Gasteiger partial charge in [-0.25, -0.2) is 13.2 Å². The average molecular weight is 374 g/mol. The van der Waals surface area contributed by atoms with E-state index in [2.05, 4.69) is 18.8 Å². The summed E-state index contributed by atoms with van der Waals surface area (Å²) in [4.78, 5) is 0. The lowest BCUT2D eigenvalue weighted by Crippen LogP contribution is -2.27. The summed E-state index contributed by atoms with van der Waals surface area (Å²) in [5.74, 6) is 3.35. The van der Waals surface area contributed by atoms with Crippen molar-refractivity contribution in [1.82, 2.24) is 0 Å². The molecule has 0 unspecified atom stereocenters. The lowest BCUT2D eigenvalue weighted by atomic mass is 10.0. The number of ether oxygens (including phenoxy) is 2. The molecule has 2 nitrogen and oxygen atoms in total. The van der Waals surface area contributed by atoms with Crippen molar-refractivity contribution in [3.8, 4) is 11.8 Å². The summed E-state index contributed by atoms with van der Waals surface area (Å²) in [6, 6.07) is 6.76. The first kappa shape index (κ1) is 19.5. The van der Waals surface area contributed by atoms with Crippen molar-refractivity contribution in [2.24, 2.45) is 5.92 Å². The Balaban J connectivity index is 1.78. The Labute approximate surface area is 157 Å². The van der Waals surface area contributed by atoms with Crippen LogP contribution in [0.15, 0.2) is 30.3 Å². The summed E-state index contributed by atoms with van der Waals surface area (Å²) in [6.45, 7) is 4.72. The summed E-state index contributed by atoms with van der Waals surface area (Å²) < 4.78 is 53.5. The average Bonchev–Trinajstić information content (AvgIpc) is 2.64. The number of aryl methyl sites for hydroxylation is 1. The zero-order valence-corrected chi connectivity index (χ0v) is 15.3. The second kappa shape index (κ2) is 8.60. The highest BCUT2D eigenvalue weighted by Crippen LogP contribution is 2.29. The van der Waals surface area contributed by atoms with Gasteiger partial charge in [-0.1, -0.05) is 31.3 Å². The summed E-state index contributed by atoms with van der Waals surface area (Å²) in [5.41, 5.74) is 0.754. The molecule has 1 heterocycles. The molecular weight excluding hydrogens is 353 g/mol. The minimum atomic E-state index is -0.798. The highest BCUT2D eigenvalue weighted by molar-refractivity contribution is 5.45. The highest BCUT2D eigenvalue weighted by atomic mass is 19.1. The number of hydrogen-bond acceptors (Lipinski definition) is 2. The number of halogens is 3. The summed E-state index contributed by atoms with van der Waals surface area (Å²) >= 11 is 0. The third-order valence-electron chi connectivity index (χ3n) is 4.50. The molecule has 5 heteroatoms. The maximum absolute atomic E-state index is 14.4. The fourth-order valence-electron chi connectivity index (χ4n) is 2.96. The Morgan fingerprint density at radius 3 is 2.22 bits per heavy atom. The van der Waals surface area contributed by atoms with E-state index in [1.54, 1.807) is 19.1 Å². The van der Waals surface area contributed by atoms with Crippen LogP contribution in [0.2, 0.25) is 0 Å². The largest absolute Gasteiger partial charge is 0.348 e. The van der Waals surface area contributed by atoms with E-state index >= 15 is 0 Å². The second-order valence-corrected chi connectivity index (χ2v) is 6.73. The molecule has 0 aliphatic carbocycles. The molecule has 27 heavy (non-hydrogen) atoms. The van der Waals surface area contributed by atoms with Crippen molar-refractivity contribution in [1.29, 1.82) is 0 Å². The van der Waals surface area contributed by atoms with E-state index in [0.29, 0.717) is 30.3 Å². The fraction of sp³-hybridized carbons (Fsp3) is 0.364. The zero-order chi connectivity index (χ0) is 19.4. The van der Waals surface area contributed by atoms with Crippen LogP contribution in [0, 0.1) is 42.1 Å². The van der Waals surface area contributed by atoms with Crippen molar-refractivity contribution in [3.05, 3.63) is 70.0 Å². The van der Waals surface area contributed by atoms with Crippen LogP contribution >= 0.6 is 0 Å². The van der Waals surface area contributed by atoms with Crippen molar-refractivity contribution in [3.63, 3.8) is 0 Å². The Morgan fingerprint density at radius 2 is 1.63 bits per heavy atom. The smallest absolute Gasteiger partial charge is 0.184 e. The maximum Gasteiger partial charge on any atom is 0.184 e. The standard InChI is InChI=1S/C22H21F3O2/c1-3-4-16-12-26-22(27-13-16)17-10-20(24)18(21(25)11-17)8-7-15-6-5-14(2)19(23)9-15/h5-6,9-11,16,22H,3-4,12-13H2,1-2H3. The van der Waals surface area contributed by atoms with Gasteiger partial charge in [-0.05, 0) is 43.2 Å². The van der Waals surface area contributed by atoms with Crippen LogP contribution in [0.3, 0.4) is 0 Å². The molecule has 1 fully saturated rings. The Hall–Kier alpha value is -2.29. The van der Waals surface area contributed by atoms with E-state index in [9.17, 15) is 13.2 Å². The quantitative estimate of drug-likeness (QED) is 0.681. The molecule has 1 aliphatic heterocycles. The molecule has 2 aromatic rings. The minimum Gasteiger partial charge on any atom is -0.348 e. The van der Waals surface area contributed by atoms with Crippen LogP contribution in [0.25, 0.3) is 0 Å². The SMILES string of the molecule is CCCC1COC(c2cc(F)c(C#Cc3ccc(C)c(F)c3)c(F)c2)OC1. The first-order chi connectivity index (χ1) is 13.0. The normalized spacial score (nSPS) is 19.4. The van der Waals surface area contributed by atoms with Gasteiger partial charge in [-0.15, -0.1) is 0 Å². The molecule has 142 valence electrons.